The van der Waals surface area contributed by atoms with Gasteiger partial charge in [0.05, 0.1) is 18.6 Å². The van der Waals surface area contributed by atoms with Gasteiger partial charge in [0.2, 0.25) is 11.8 Å². The lowest BCUT2D eigenvalue weighted by atomic mass is 9.91. The Labute approximate surface area is 167 Å². The van der Waals surface area contributed by atoms with Crippen LogP contribution in [0.15, 0.2) is 0 Å². The number of carboxylic acid groups (broad SMARTS) is 1. The highest BCUT2D eigenvalue weighted by Crippen LogP contribution is 2.26. The van der Waals surface area contributed by atoms with Crippen LogP contribution in [0.4, 0.5) is 0 Å². The molecule has 0 aromatic rings. The zero-order chi connectivity index (χ0) is 19.9. The Balaban J connectivity index is 1.65. The van der Waals surface area contributed by atoms with Gasteiger partial charge in [-0.25, -0.2) is 0 Å². The molecule has 2 saturated carbocycles. The van der Waals surface area contributed by atoms with Crippen LogP contribution >= 0.6 is 0 Å². The molecule has 7 nitrogen and oxygen atoms in total. The number of rotatable bonds is 6. The first-order chi connectivity index (χ1) is 13.5. The van der Waals surface area contributed by atoms with Crippen molar-refractivity contribution in [3.05, 3.63) is 0 Å². The summed E-state index contributed by atoms with van der Waals surface area (Å²) in [5, 5.41) is 15.7. The Bertz CT molecular complexity index is 516. The fraction of sp³-hybridized carbons (Fsp3) is 0.857. The van der Waals surface area contributed by atoms with Crippen molar-refractivity contribution < 1.29 is 19.5 Å². The highest BCUT2D eigenvalue weighted by Gasteiger charge is 2.40. The third-order valence-corrected chi connectivity index (χ3v) is 6.58. The summed E-state index contributed by atoms with van der Waals surface area (Å²) >= 11 is 0. The van der Waals surface area contributed by atoms with Crippen LogP contribution in [0.2, 0.25) is 0 Å². The minimum Gasteiger partial charge on any atom is -0.480 e. The summed E-state index contributed by atoms with van der Waals surface area (Å²) in [6.07, 6.45) is 12.9. The predicted molar refractivity (Wildman–Crippen MR) is 106 cm³/mol. The van der Waals surface area contributed by atoms with Gasteiger partial charge in [0.15, 0.2) is 0 Å². The molecule has 0 aromatic carbocycles. The monoisotopic (exact) mass is 393 g/mol. The van der Waals surface area contributed by atoms with Gasteiger partial charge in [-0.15, -0.1) is 0 Å². The summed E-state index contributed by atoms with van der Waals surface area (Å²) < 4.78 is 0. The van der Waals surface area contributed by atoms with Gasteiger partial charge in [0.1, 0.15) is 0 Å². The van der Waals surface area contributed by atoms with E-state index in [9.17, 15) is 19.5 Å². The minimum absolute atomic E-state index is 0.108. The largest absolute Gasteiger partial charge is 0.480 e. The summed E-state index contributed by atoms with van der Waals surface area (Å²) in [5.74, 6) is -1.21. The number of carboxylic acids is 1. The molecule has 7 heteroatoms. The molecule has 0 spiro atoms. The van der Waals surface area contributed by atoms with Crippen molar-refractivity contribution in [1.82, 2.24) is 15.5 Å². The van der Waals surface area contributed by atoms with Gasteiger partial charge in [0.25, 0.3) is 0 Å². The highest BCUT2D eigenvalue weighted by molar-refractivity contribution is 5.87. The lowest BCUT2D eigenvalue weighted by molar-refractivity contribution is -0.145. The van der Waals surface area contributed by atoms with E-state index in [2.05, 4.69) is 10.6 Å². The summed E-state index contributed by atoms with van der Waals surface area (Å²) in [6.45, 7) is -0.272. The topological polar surface area (TPSA) is 98.7 Å². The molecule has 1 aliphatic heterocycles. The molecule has 1 heterocycles. The maximum atomic E-state index is 12.9. The normalized spacial score (nSPS) is 27.9. The average Bonchev–Trinajstić information content (AvgIpc) is 2.69. The standard InChI is InChI=1S/C21H35N3O4/c25-19(26)14-24-17(20(27)22-15-8-3-1-4-9-15)12-7-13-18(24)21(28)23-16-10-5-2-6-11-16/h15-18H,1-14H2,(H,22,27)(H,23,28)(H,25,26)/t17-,18+. The zero-order valence-corrected chi connectivity index (χ0v) is 16.8. The molecule has 28 heavy (non-hydrogen) atoms. The third kappa shape index (κ3) is 5.69. The number of likely N-dealkylation sites (tertiary alicyclic amines) is 1. The Morgan fingerprint density at radius 3 is 1.50 bits per heavy atom. The van der Waals surface area contributed by atoms with Crippen molar-refractivity contribution in [1.29, 1.82) is 0 Å². The van der Waals surface area contributed by atoms with E-state index in [1.165, 1.54) is 12.8 Å². The van der Waals surface area contributed by atoms with Crippen molar-refractivity contribution in [2.45, 2.75) is 108 Å². The third-order valence-electron chi connectivity index (χ3n) is 6.58. The van der Waals surface area contributed by atoms with Crippen LogP contribution in [-0.2, 0) is 14.4 Å². The first-order valence-corrected chi connectivity index (χ1v) is 11.1. The van der Waals surface area contributed by atoms with Gasteiger partial charge in [-0.3, -0.25) is 19.3 Å². The van der Waals surface area contributed by atoms with Crippen LogP contribution in [0.5, 0.6) is 0 Å². The Hall–Kier alpha value is -1.63. The highest BCUT2D eigenvalue weighted by atomic mass is 16.4. The van der Waals surface area contributed by atoms with Crippen molar-refractivity contribution >= 4 is 17.8 Å². The predicted octanol–water partition coefficient (Wildman–Crippen LogP) is 2.19. The second-order valence-corrected chi connectivity index (χ2v) is 8.72. The quantitative estimate of drug-likeness (QED) is 0.642. The molecule has 0 radical (unpaired) electrons. The van der Waals surface area contributed by atoms with Gasteiger partial charge in [-0.05, 0) is 44.9 Å². The second-order valence-electron chi connectivity index (χ2n) is 8.72. The van der Waals surface area contributed by atoms with Gasteiger partial charge < -0.3 is 15.7 Å². The van der Waals surface area contributed by atoms with Gasteiger partial charge in [-0.1, -0.05) is 38.5 Å². The van der Waals surface area contributed by atoms with Crippen LogP contribution in [-0.4, -0.2) is 58.5 Å². The fourth-order valence-corrected chi connectivity index (χ4v) is 5.08. The van der Waals surface area contributed by atoms with Crippen LogP contribution < -0.4 is 10.6 Å². The number of hydrogen-bond acceptors (Lipinski definition) is 4. The van der Waals surface area contributed by atoms with Crippen molar-refractivity contribution in [3.8, 4) is 0 Å². The zero-order valence-electron chi connectivity index (χ0n) is 16.8. The molecule has 3 fully saturated rings. The molecule has 2 aliphatic carbocycles. The van der Waals surface area contributed by atoms with E-state index in [0.717, 1.165) is 57.8 Å². The summed E-state index contributed by atoms with van der Waals surface area (Å²) in [7, 11) is 0. The number of nitrogens with one attached hydrogen (secondary N) is 2. The molecule has 0 aromatic heterocycles. The number of carbonyl (C=O) groups is 3. The van der Waals surface area contributed by atoms with Crippen LogP contribution in [0.1, 0.15) is 83.5 Å². The van der Waals surface area contributed by atoms with Crippen LogP contribution in [0, 0.1) is 0 Å². The number of piperidine rings is 1. The number of nitrogens with zero attached hydrogens (tertiary/aromatic N) is 1. The minimum atomic E-state index is -0.993. The van der Waals surface area contributed by atoms with Gasteiger partial charge >= 0.3 is 5.97 Å². The number of hydrogen-bond donors (Lipinski definition) is 3. The molecular formula is C21H35N3O4. The first kappa shape index (κ1) is 21.1. The molecule has 158 valence electrons. The number of aliphatic carboxylic acids is 1. The van der Waals surface area contributed by atoms with E-state index >= 15 is 0 Å². The molecule has 2 atom stereocenters. The maximum absolute atomic E-state index is 12.9. The van der Waals surface area contributed by atoms with E-state index in [0.29, 0.717) is 12.8 Å². The number of amides is 2. The molecule has 0 unspecified atom stereocenters. The van der Waals surface area contributed by atoms with E-state index < -0.39 is 18.1 Å². The van der Waals surface area contributed by atoms with E-state index in [1.807, 2.05) is 0 Å². The summed E-state index contributed by atoms with van der Waals surface area (Å²) in [4.78, 5) is 39.0. The SMILES string of the molecule is O=C(O)CN1[C@@H](C(=O)NC2CCCCC2)CCC[C@H]1C(=O)NC1CCCCC1. The Morgan fingerprint density at radius 1 is 0.679 bits per heavy atom. The van der Waals surface area contributed by atoms with Gasteiger partial charge in [-0.2, -0.15) is 0 Å². The van der Waals surface area contributed by atoms with Crippen molar-refractivity contribution in [2.75, 3.05) is 6.54 Å². The molecular weight excluding hydrogens is 358 g/mol. The van der Waals surface area contributed by atoms with Crippen LogP contribution in [0.3, 0.4) is 0 Å². The van der Waals surface area contributed by atoms with Crippen LogP contribution in [0.25, 0.3) is 0 Å². The smallest absolute Gasteiger partial charge is 0.317 e. The molecule has 3 N–H and O–H groups in total. The molecule has 1 saturated heterocycles. The van der Waals surface area contributed by atoms with Crippen molar-refractivity contribution in [2.24, 2.45) is 0 Å². The van der Waals surface area contributed by atoms with E-state index in [-0.39, 0.29) is 30.4 Å². The van der Waals surface area contributed by atoms with E-state index in [1.54, 1.807) is 4.90 Å². The lowest BCUT2D eigenvalue weighted by Crippen LogP contribution is -2.61. The maximum Gasteiger partial charge on any atom is 0.317 e. The molecule has 3 rings (SSSR count). The molecule has 3 aliphatic rings. The number of carbonyl (C=O) groups excluding carboxylic acids is 2. The average molecular weight is 394 g/mol. The second kappa shape index (κ2) is 10.2. The Kier molecular flexibility index (Phi) is 7.71. The van der Waals surface area contributed by atoms with Crippen molar-refractivity contribution in [3.63, 3.8) is 0 Å². The van der Waals surface area contributed by atoms with Gasteiger partial charge in [0, 0.05) is 12.1 Å². The molecule has 2 amide bonds. The van der Waals surface area contributed by atoms with E-state index in [4.69, 9.17) is 0 Å². The lowest BCUT2D eigenvalue weighted by Gasteiger charge is -2.40. The molecule has 0 bridgehead atoms. The summed E-state index contributed by atoms with van der Waals surface area (Å²) in [6, 6.07) is -0.698. The Morgan fingerprint density at radius 2 is 1.11 bits per heavy atom. The first-order valence-electron chi connectivity index (χ1n) is 11.1. The fourth-order valence-electron chi connectivity index (χ4n) is 5.08. The summed E-state index contributed by atoms with van der Waals surface area (Å²) in [5.41, 5.74) is 0.